The van der Waals surface area contributed by atoms with Crippen LogP contribution in [0.15, 0.2) is 35.3 Å². The Hall–Kier alpha value is -1.31. The van der Waals surface area contributed by atoms with Gasteiger partial charge in [0.1, 0.15) is 6.61 Å². The van der Waals surface area contributed by atoms with Crippen molar-refractivity contribution >= 4 is 5.90 Å². The highest BCUT2D eigenvalue weighted by Gasteiger charge is 2.17. The molecular formula is C15H21NO. The van der Waals surface area contributed by atoms with Crippen LogP contribution in [0.5, 0.6) is 0 Å². The van der Waals surface area contributed by atoms with Crippen molar-refractivity contribution in [1.82, 2.24) is 0 Å². The maximum absolute atomic E-state index is 5.63. The van der Waals surface area contributed by atoms with Gasteiger partial charge in [0.15, 0.2) is 5.90 Å². The Morgan fingerprint density at radius 3 is 2.82 bits per heavy atom. The molecule has 92 valence electrons. The second-order valence-corrected chi connectivity index (χ2v) is 4.62. The van der Waals surface area contributed by atoms with E-state index in [9.17, 15) is 0 Å². The molecule has 0 aliphatic carbocycles. The van der Waals surface area contributed by atoms with E-state index in [0.29, 0.717) is 6.04 Å². The van der Waals surface area contributed by atoms with Gasteiger partial charge >= 0.3 is 0 Å². The van der Waals surface area contributed by atoms with Gasteiger partial charge in [0.2, 0.25) is 0 Å². The third-order valence-corrected chi connectivity index (χ3v) is 3.13. The van der Waals surface area contributed by atoms with Crippen LogP contribution in [0, 0.1) is 0 Å². The molecule has 1 aliphatic rings. The number of aryl methyl sites for hydroxylation is 1. The minimum Gasteiger partial charge on any atom is -0.479 e. The molecule has 0 bridgehead atoms. The molecule has 2 rings (SSSR count). The molecule has 1 atom stereocenters. The molecule has 1 aliphatic heterocycles. The van der Waals surface area contributed by atoms with Gasteiger partial charge in [0, 0.05) is 6.42 Å². The fourth-order valence-corrected chi connectivity index (χ4v) is 2.09. The Balaban J connectivity index is 1.77. The number of hydrogen-bond donors (Lipinski definition) is 0. The lowest BCUT2D eigenvalue weighted by molar-refractivity contribution is 0.303. The van der Waals surface area contributed by atoms with Crippen molar-refractivity contribution in [2.75, 3.05) is 6.61 Å². The zero-order chi connectivity index (χ0) is 11.9. The molecule has 0 amide bonds. The van der Waals surface area contributed by atoms with E-state index in [4.69, 9.17) is 4.74 Å². The zero-order valence-electron chi connectivity index (χ0n) is 10.6. The zero-order valence-corrected chi connectivity index (χ0v) is 10.6. The normalized spacial score (nSPS) is 18.9. The van der Waals surface area contributed by atoms with Crippen LogP contribution < -0.4 is 0 Å². The van der Waals surface area contributed by atoms with E-state index < -0.39 is 0 Å². The van der Waals surface area contributed by atoms with E-state index in [1.807, 2.05) is 6.07 Å². The average Bonchev–Trinajstić information content (AvgIpc) is 2.83. The van der Waals surface area contributed by atoms with Crippen LogP contribution in [-0.2, 0) is 11.2 Å². The summed E-state index contributed by atoms with van der Waals surface area (Å²) in [5.74, 6) is 0.954. The maximum Gasteiger partial charge on any atom is 0.183 e. The topological polar surface area (TPSA) is 21.6 Å². The molecule has 1 aromatic rings. The van der Waals surface area contributed by atoms with Gasteiger partial charge in [0.05, 0.1) is 6.04 Å². The summed E-state index contributed by atoms with van der Waals surface area (Å²) in [5.41, 5.74) is 1.36. The number of unbranched alkanes of at least 4 members (excludes halogenated alkanes) is 1. The number of rotatable bonds is 6. The van der Waals surface area contributed by atoms with Crippen molar-refractivity contribution in [1.29, 1.82) is 0 Å². The van der Waals surface area contributed by atoms with E-state index in [2.05, 4.69) is 36.2 Å². The molecule has 0 saturated heterocycles. The summed E-state index contributed by atoms with van der Waals surface area (Å²) in [6.45, 7) is 3.01. The van der Waals surface area contributed by atoms with Crippen LogP contribution in [0.2, 0.25) is 0 Å². The SMILES string of the molecule is CCCC[C@H]1COC(CCc2ccccc2)=N1. The molecule has 2 heteroatoms. The first-order valence-corrected chi connectivity index (χ1v) is 6.62. The Morgan fingerprint density at radius 2 is 2.06 bits per heavy atom. The van der Waals surface area contributed by atoms with Gasteiger partial charge in [-0.25, -0.2) is 4.99 Å². The summed E-state index contributed by atoms with van der Waals surface area (Å²) >= 11 is 0. The highest BCUT2D eigenvalue weighted by Crippen LogP contribution is 2.14. The maximum atomic E-state index is 5.63. The summed E-state index contributed by atoms with van der Waals surface area (Å²) in [7, 11) is 0. The molecular weight excluding hydrogens is 210 g/mol. The van der Waals surface area contributed by atoms with E-state index in [0.717, 1.165) is 25.3 Å². The summed E-state index contributed by atoms with van der Waals surface area (Å²) in [6.07, 6.45) is 5.63. The molecule has 0 aromatic heterocycles. The number of ether oxygens (including phenoxy) is 1. The Bertz CT molecular complexity index is 358. The van der Waals surface area contributed by atoms with Crippen molar-refractivity contribution in [3.63, 3.8) is 0 Å². The van der Waals surface area contributed by atoms with Crippen LogP contribution in [0.25, 0.3) is 0 Å². The Labute approximate surface area is 104 Å². The van der Waals surface area contributed by atoms with Crippen molar-refractivity contribution in [3.05, 3.63) is 35.9 Å². The second-order valence-electron chi connectivity index (χ2n) is 4.62. The molecule has 17 heavy (non-hydrogen) atoms. The molecule has 1 heterocycles. The minimum absolute atomic E-state index is 0.417. The van der Waals surface area contributed by atoms with Crippen LogP contribution in [0.3, 0.4) is 0 Å². The Morgan fingerprint density at radius 1 is 1.24 bits per heavy atom. The highest BCUT2D eigenvalue weighted by atomic mass is 16.5. The van der Waals surface area contributed by atoms with Crippen LogP contribution >= 0.6 is 0 Å². The van der Waals surface area contributed by atoms with Gasteiger partial charge in [-0.05, 0) is 18.4 Å². The number of nitrogens with zero attached hydrogens (tertiary/aromatic N) is 1. The molecule has 0 fully saturated rings. The van der Waals surface area contributed by atoms with Gasteiger partial charge in [-0.3, -0.25) is 0 Å². The molecule has 2 nitrogen and oxygen atoms in total. The van der Waals surface area contributed by atoms with E-state index in [-0.39, 0.29) is 0 Å². The van der Waals surface area contributed by atoms with E-state index >= 15 is 0 Å². The summed E-state index contributed by atoms with van der Waals surface area (Å²) in [4.78, 5) is 4.64. The predicted molar refractivity (Wildman–Crippen MR) is 71.5 cm³/mol. The van der Waals surface area contributed by atoms with Gasteiger partial charge in [-0.2, -0.15) is 0 Å². The van der Waals surface area contributed by atoms with E-state index in [1.165, 1.54) is 24.8 Å². The predicted octanol–water partition coefficient (Wildman–Crippen LogP) is 3.61. The van der Waals surface area contributed by atoms with Gasteiger partial charge in [0.25, 0.3) is 0 Å². The van der Waals surface area contributed by atoms with Crippen LogP contribution in [0.4, 0.5) is 0 Å². The van der Waals surface area contributed by atoms with Crippen molar-refractivity contribution in [3.8, 4) is 0 Å². The summed E-state index contributed by atoms with van der Waals surface area (Å²) < 4.78 is 5.63. The third kappa shape index (κ3) is 3.88. The van der Waals surface area contributed by atoms with Crippen molar-refractivity contribution in [2.45, 2.75) is 45.1 Å². The monoisotopic (exact) mass is 231 g/mol. The average molecular weight is 231 g/mol. The summed E-state index contributed by atoms with van der Waals surface area (Å²) in [6, 6.07) is 10.9. The second kappa shape index (κ2) is 6.43. The standard InChI is InChI=1S/C15H21NO/c1-2-3-9-14-12-17-15(16-14)11-10-13-7-5-4-6-8-13/h4-8,14H,2-3,9-12H2,1H3/t14-/m0/s1. The fraction of sp³-hybridized carbons (Fsp3) is 0.533. The highest BCUT2D eigenvalue weighted by molar-refractivity contribution is 5.77. The lowest BCUT2D eigenvalue weighted by Gasteiger charge is -2.02. The third-order valence-electron chi connectivity index (χ3n) is 3.13. The first-order valence-electron chi connectivity index (χ1n) is 6.62. The smallest absolute Gasteiger partial charge is 0.183 e. The molecule has 0 N–H and O–H groups in total. The first-order chi connectivity index (χ1) is 8.38. The quantitative estimate of drug-likeness (QED) is 0.733. The summed E-state index contributed by atoms with van der Waals surface area (Å²) in [5, 5.41) is 0. The van der Waals surface area contributed by atoms with Gasteiger partial charge in [-0.1, -0.05) is 50.1 Å². The largest absolute Gasteiger partial charge is 0.479 e. The first kappa shape index (κ1) is 12.2. The molecule has 0 radical (unpaired) electrons. The molecule has 0 unspecified atom stereocenters. The minimum atomic E-state index is 0.417. The molecule has 0 spiro atoms. The van der Waals surface area contributed by atoms with Crippen LogP contribution in [-0.4, -0.2) is 18.5 Å². The lowest BCUT2D eigenvalue weighted by atomic mass is 10.1. The molecule has 0 saturated carbocycles. The van der Waals surface area contributed by atoms with Crippen molar-refractivity contribution < 1.29 is 4.74 Å². The van der Waals surface area contributed by atoms with Crippen LogP contribution in [0.1, 0.15) is 38.2 Å². The fourth-order valence-electron chi connectivity index (χ4n) is 2.09. The Kier molecular flexibility index (Phi) is 4.60. The van der Waals surface area contributed by atoms with E-state index in [1.54, 1.807) is 0 Å². The van der Waals surface area contributed by atoms with Crippen molar-refractivity contribution in [2.24, 2.45) is 4.99 Å². The number of aliphatic imine (C=N–C) groups is 1. The van der Waals surface area contributed by atoms with Gasteiger partial charge < -0.3 is 4.74 Å². The molecule has 1 aromatic carbocycles. The van der Waals surface area contributed by atoms with Gasteiger partial charge in [-0.15, -0.1) is 0 Å². The lowest BCUT2D eigenvalue weighted by Crippen LogP contribution is -2.05. The number of hydrogen-bond acceptors (Lipinski definition) is 2. The number of benzene rings is 1.